The van der Waals surface area contributed by atoms with Crippen LogP contribution in [0.2, 0.25) is 0 Å². The Morgan fingerprint density at radius 1 is 1.26 bits per heavy atom. The highest BCUT2D eigenvalue weighted by atomic mass is 16.2. The Kier molecular flexibility index (Phi) is 3.83. The van der Waals surface area contributed by atoms with E-state index < -0.39 is 0 Å². The molecular formula is C16H24N2O. The fourth-order valence-electron chi connectivity index (χ4n) is 2.46. The van der Waals surface area contributed by atoms with Gasteiger partial charge in [0.05, 0.1) is 0 Å². The molecule has 3 heteroatoms. The molecule has 0 radical (unpaired) electrons. The van der Waals surface area contributed by atoms with Crippen LogP contribution < -0.4 is 10.6 Å². The zero-order valence-electron chi connectivity index (χ0n) is 12.2. The van der Waals surface area contributed by atoms with Crippen molar-refractivity contribution in [1.29, 1.82) is 0 Å². The van der Waals surface area contributed by atoms with Crippen LogP contribution in [0.5, 0.6) is 0 Å². The molecule has 0 saturated carbocycles. The first-order valence-corrected chi connectivity index (χ1v) is 7.05. The number of nitrogens with zero attached hydrogens (tertiary/aromatic N) is 1. The van der Waals surface area contributed by atoms with Crippen molar-refractivity contribution in [3.63, 3.8) is 0 Å². The summed E-state index contributed by atoms with van der Waals surface area (Å²) < 4.78 is 0. The Morgan fingerprint density at radius 2 is 2.00 bits per heavy atom. The van der Waals surface area contributed by atoms with Crippen LogP contribution in [-0.4, -0.2) is 12.5 Å². The van der Waals surface area contributed by atoms with Crippen LogP contribution in [0.1, 0.15) is 45.6 Å². The first-order chi connectivity index (χ1) is 8.87. The molecule has 0 fully saturated rings. The number of aryl methyl sites for hydroxylation is 1. The summed E-state index contributed by atoms with van der Waals surface area (Å²) >= 11 is 0. The van der Waals surface area contributed by atoms with Crippen molar-refractivity contribution in [3.8, 4) is 0 Å². The Balaban J connectivity index is 2.27. The van der Waals surface area contributed by atoms with Crippen LogP contribution in [-0.2, 0) is 11.2 Å². The predicted octanol–water partition coefficient (Wildman–Crippen LogP) is 3.37. The summed E-state index contributed by atoms with van der Waals surface area (Å²) in [5, 5.41) is 0. The average molecular weight is 260 g/mol. The van der Waals surface area contributed by atoms with E-state index in [1.807, 2.05) is 23.1 Å². The second kappa shape index (κ2) is 5.24. The summed E-state index contributed by atoms with van der Waals surface area (Å²) in [6.45, 7) is 7.41. The number of rotatable bonds is 2. The van der Waals surface area contributed by atoms with E-state index in [4.69, 9.17) is 5.73 Å². The molecule has 2 rings (SSSR count). The van der Waals surface area contributed by atoms with Crippen LogP contribution in [0.25, 0.3) is 0 Å². The van der Waals surface area contributed by atoms with Crippen LogP contribution in [0.3, 0.4) is 0 Å². The van der Waals surface area contributed by atoms with Gasteiger partial charge in [0.15, 0.2) is 0 Å². The average Bonchev–Trinajstić information content (AvgIpc) is 2.44. The van der Waals surface area contributed by atoms with E-state index in [1.165, 1.54) is 5.56 Å². The van der Waals surface area contributed by atoms with E-state index in [-0.39, 0.29) is 11.3 Å². The molecule has 1 amide bonds. The Bertz CT molecular complexity index is 474. The zero-order valence-corrected chi connectivity index (χ0v) is 12.2. The highest BCUT2D eigenvalue weighted by Gasteiger charge is 2.23. The van der Waals surface area contributed by atoms with Crippen molar-refractivity contribution < 1.29 is 4.79 Å². The fraction of sp³-hybridized carbons (Fsp3) is 0.562. The smallest absolute Gasteiger partial charge is 0.226 e. The molecule has 104 valence electrons. The standard InChI is InChI=1S/C16H24N2O/c1-16(2,3)9-10-18-14-8-7-13(17)11-12(14)5-4-6-15(18)19/h7-8,11H,4-6,9-10,17H2,1-3H3. The molecule has 0 bridgehead atoms. The quantitative estimate of drug-likeness (QED) is 0.829. The summed E-state index contributed by atoms with van der Waals surface area (Å²) in [5.74, 6) is 0.243. The number of amides is 1. The molecule has 3 nitrogen and oxygen atoms in total. The third-order valence-corrected chi connectivity index (χ3v) is 3.62. The number of carbonyl (C=O) groups is 1. The van der Waals surface area contributed by atoms with Gasteiger partial charge in [-0.15, -0.1) is 0 Å². The van der Waals surface area contributed by atoms with Crippen LogP contribution in [0, 0.1) is 5.41 Å². The highest BCUT2D eigenvalue weighted by molar-refractivity contribution is 5.95. The molecule has 0 aromatic heterocycles. The second-order valence-corrected chi connectivity index (χ2v) is 6.60. The lowest BCUT2D eigenvalue weighted by molar-refractivity contribution is -0.118. The summed E-state index contributed by atoms with van der Waals surface area (Å²) in [6, 6.07) is 5.90. The number of hydrogen-bond donors (Lipinski definition) is 1. The van der Waals surface area contributed by atoms with Crippen molar-refractivity contribution in [3.05, 3.63) is 23.8 Å². The zero-order chi connectivity index (χ0) is 14.0. The van der Waals surface area contributed by atoms with Gasteiger partial charge in [-0.2, -0.15) is 0 Å². The molecule has 1 heterocycles. The summed E-state index contributed by atoms with van der Waals surface area (Å²) in [4.78, 5) is 14.2. The molecule has 19 heavy (non-hydrogen) atoms. The molecule has 1 aliphatic rings. The molecule has 1 aromatic rings. The number of carbonyl (C=O) groups excluding carboxylic acids is 1. The van der Waals surface area contributed by atoms with Crippen molar-refractivity contribution >= 4 is 17.3 Å². The lowest BCUT2D eigenvalue weighted by Gasteiger charge is -2.27. The molecule has 1 aliphatic heterocycles. The van der Waals surface area contributed by atoms with Crippen molar-refractivity contribution in [2.75, 3.05) is 17.2 Å². The van der Waals surface area contributed by atoms with Gasteiger partial charge in [-0.1, -0.05) is 20.8 Å². The van der Waals surface area contributed by atoms with Gasteiger partial charge in [0.25, 0.3) is 0 Å². The fourth-order valence-corrected chi connectivity index (χ4v) is 2.46. The van der Waals surface area contributed by atoms with E-state index >= 15 is 0 Å². The Hall–Kier alpha value is -1.51. The molecule has 2 N–H and O–H groups in total. The summed E-state index contributed by atoms with van der Waals surface area (Å²) in [6.07, 6.45) is 3.50. The van der Waals surface area contributed by atoms with Gasteiger partial charge in [-0.05, 0) is 48.4 Å². The minimum atomic E-state index is 0.237. The molecule has 0 atom stereocenters. The number of fused-ring (bicyclic) bond motifs is 1. The van der Waals surface area contributed by atoms with Gasteiger partial charge >= 0.3 is 0 Å². The van der Waals surface area contributed by atoms with Gasteiger partial charge in [0, 0.05) is 24.3 Å². The first kappa shape index (κ1) is 13.9. The van der Waals surface area contributed by atoms with E-state index in [0.29, 0.717) is 6.42 Å². The second-order valence-electron chi connectivity index (χ2n) is 6.60. The van der Waals surface area contributed by atoms with Gasteiger partial charge in [0.2, 0.25) is 5.91 Å². The van der Waals surface area contributed by atoms with E-state index in [1.54, 1.807) is 0 Å². The maximum absolute atomic E-state index is 12.3. The molecule has 0 unspecified atom stereocenters. The van der Waals surface area contributed by atoms with Crippen LogP contribution >= 0.6 is 0 Å². The molecular weight excluding hydrogens is 236 g/mol. The van der Waals surface area contributed by atoms with Crippen LogP contribution in [0.15, 0.2) is 18.2 Å². The maximum Gasteiger partial charge on any atom is 0.226 e. The number of anilines is 2. The minimum Gasteiger partial charge on any atom is -0.399 e. The number of nitrogen functional groups attached to an aromatic ring is 1. The Labute approximate surface area is 115 Å². The summed E-state index contributed by atoms with van der Waals surface area (Å²) in [7, 11) is 0. The lowest BCUT2D eigenvalue weighted by atomic mass is 9.92. The lowest BCUT2D eigenvalue weighted by Crippen LogP contribution is -2.33. The maximum atomic E-state index is 12.3. The normalized spacial score (nSPS) is 16.2. The monoisotopic (exact) mass is 260 g/mol. The van der Waals surface area contributed by atoms with E-state index in [9.17, 15) is 4.79 Å². The van der Waals surface area contributed by atoms with Crippen molar-refractivity contribution in [2.45, 2.75) is 46.5 Å². The summed E-state index contributed by atoms with van der Waals surface area (Å²) in [5.41, 5.74) is 9.14. The predicted molar refractivity (Wildman–Crippen MR) is 80.2 cm³/mol. The Morgan fingerprint density at radius 3 is 2.68 bits per heavy atom. The van der Waals surface area contributed by atoms with Gasteiger partial charge in [0.1, 0.15) is 0 Å². The van der Waals surface area contributed by atoms with Gasteiger partial charge < -0.3 is 10.6 Å². The van der Waals surface area contributed by atoms with Crippen molar-refractivity contribution in [1.82, 2.24) is 0 Å². The number of nitrogens with two attached hydrogens (primary N) is 1. The third-order valence-electron chi connectivity index (χ3n) is 3.62. The van der Waals surface area contributed by atoms with Gasteiger partial charge in [-0.3, -0.25) is 4.79 Å². The minimum absolute atomic E-state index is 0.237. The van der Waals surface area contributed by atoms with Gasteiger partial charge in [-0.25, -0.2) is 0 Å². The molecule has 0 aliphatic carbocycles. The molecule has 1 aromatic carbocycles. The van der Waals surface area contributed by atoms with E-state index in [2.05, 4.69) is 20.8 Å². The molecule has 0 saturated heterocycles. The first-order valence-electron chi connectivity index (χ1n) is 7.05. The highest BCUT2D eigenvalue weighted by Crippen LogP contribution is 2.30. The number of hydrogen-bond acceptors (Lipinski definition) is 2. The largest absolute Gasteiger partial charge is 0.399 e. The van der Waals surface area contributed by atoms with E-state index in [0.717, 1.165) is 37.2 Å². The SMILES string of the molecule is CC(C)(C)CCN1C(=O)CCCc2cc(N)ccc21. The topological polar surface area (TPSA) is 46.3 Å². The van der Waals surface area contributed by atoms with Crippen molar-refractivity contribution in [2.24, 2.45) is 5.41 Å². The third kappa shape index (κ3) is 3.49. The van der Waals surface area contributed by atoms with Crippen LogP contribution in [0.4, 0.5) is 11.4 Å². The number of benzene rings is 1. The molecule has 0 spiro atoms.